The summed E-state index contributed by atoms with van der Waals surface area (Å²) in [5.41, 5.74) is 3.50. The molecule has 29 heavy (non-hydrogen) atoms. The van der Waals surface area contributed by atoms with Crippen LogP contribution in [-0.4, -0.2) is 20.9 Å². The fourth-order valence-electron chi connectivity index (χ4n) is 3.17. The van der Waals surface area contributed by atoms with Crippen LogP contribution in [-0.2, 0) is 11.2 Å². The number of aryl methyl sites for hydroxylation is 2. The number of aromatic amines is 1. The van der Waals surface area contributed by atoms with E-state index in [0.717, 1.165) is 16.5 Å². The van der Waals surface area contributed by atoms with Crippen molar-refractivity contribution >= 4 is 22.5 Å². The summed E-state index contributed by atoms with van der Waals surface area (Å²) in [5.74, 6) is -0.628. The predicted octanol–water partition coefficient (Wildman–Crippen LogP) is 4.69. The van der Waals surface area contributed by atoms with Gasteiger partial charge in [-0.15, -0.1) is 0 Å². The second-order valence-corrected chi connectivity index (χ2v) is 6.67. The molecule has 2 aromatic heterocycles. The lowest BCUT2D eigenvalue weighted by molar-refractivity contribution is -0.115. The zero-order valence-electron chi connectivity index (χ0n) is 16.0. The number of halogens is 1. The molecule has 0 radical (unpaired) electrons. The summed E-state index contributed by atoms with van der Waals surface area (Å²) < 4.78 is 19.2. The lowest BCUT2D eigenvalue weighted by atomic mass is 10.1. The third kappa shape index (κ3) is 3.94. The van der Waals surface area contributed by atoms with Crippen LogP contribution in [0.3, 0.4) is 0 Å². The molecule has 4 aromatic rings. The van der Waals surface area contributed by atoms with Crippen molar-refractivity contribution in [3.05, 3.63) is 77.5 Å². The summed E-state index contributed by atoms with van der Waals surface area (Å²) in [4.78, 5) is 24.2. The second-order valence-electron chi connectivity index (χ2n) is 6.67. The largest absolute Gasteiger partial charge is 0.421 e. The highest BCUT2D eigenvalue weighted by Gasteiger charge is 2.15. The molecular weight excluding hydrogens is 371 g/mol. The number of hydrogen-bond donors (Lipinski definition) is 2. The van der Waals surface area contributed by atoms with Gasteiger partial charge in [0.2, 0.25) is 5.91 Å². The monoisotopic (exact) mass is 390 g/mol. The van der Waals surface area contributed by atoms with E-state index in [9.17, 15) is 9.18 Å². The minimum absolute atomic E-state index is 0.0275. The molecule has 2 aromatic carbocycles. The molecule has 146 valence electrons. The molecule has 7 heteroatoms. The topological polar surface area (TPSA) is 79.9 Å². The summed E-state index contributed by atoms with van der Waals surface area (Å²) in [7, 11) is 0. The molecule has 0 fully saturated rings. The number of para-hydroxylation sites is 2. The van der Waals surface area contributed by atoms with E-state index in [4.69, 9.17) is 4.74 Å². The van der Waals surface area contributed by atoms with E-state index in [1.54, 1.807) is 26.0 Å². The van der Waals surface area contributed by atoms with Crippen LogP contribution in [0, 0.1) is 19.7 Å². The maximum Gasteiger partial charge on any atom is 0.322 e. The summed E-state index contributed by atoms with van der Waals surface area (Å²) in [6.07, 6.45) is 2.06. The maximum atomic E-state index is 13.8. The van der Waals surface area contributed by atoms with Crippen LogP contribution >= 0.6 is 0 Å². The first-order chi connectivity index (χ1) is 14.0. The van der Waals surface area contributed by atoms with Gasteiger partial charge in [-0.05, 0) is 37.6 Å². The predicted molar refractivity (Wildman–Crippen MR) is 109 cm³/mol. The highest BCUT2D eigenvalue weighted by atomic mass is 19.1. The van der Waals surface area contributed by atoms with Gasteiger partial charge in [0.25, 0.3) is 0 Å². The average molecular weight is 390 g/mol. The van der Waals surface area contributed by atoms with Crippen LogP contribution in [0.2, 0.25) is 0 Å². The van der Waals surface area contributed by atoms with Crippen molar-refractivity contribution in [2.24, 2.45) is 0 Å². The molecular formula is C22H19FN4O2. The molecule has 1 amide bonds. The van der Waals surface area contributed by atoms with E-state index in [-0.39, 0.29) is 24.1 Å². The van der Waals surface area contributed by atoms with Gasteiger partial charge in [-0.1, -0.05) is 30.3 Å². The van der Waals surface area contributed by atoms with Crippen LogP contribution in [0.1, 0.15) is 17.0 Å². The number of aromatic nitrogens is 3. The molecule has 0 saturated carbocycles. The van der Waals surface area contributed by atoms with Gasteiger partial charge in [0.15, 0.2) is 11.6 Å². The van der Waals surface area contributed by atoms with Gasteiger partial charge in [-0.25, -0.2) is 4.39 Å². The number of carbonyl (C=O) groups excluding carboxylic acids is 1. The molecule has 4 rings (SSSR count). The van der Waals surface area contributed by atoms with E-state index < -0.39 is 5.82 Å². The number of fused-ring (bicyclic) bond motifs is 1. The molecule has 2 heterocycles. The zero-order valence-corrected chi connectivity index (χ0v) is 16.0. The number of amides is 1. The first-order valence-electron chi connectivity index (χ1n) is 9.13. The van der Waals surface area contributed by atoms with Crippen molar-refractivity contribution in [1.29, 1.82) is 0 Å². The number of nitrogens with zero attached hydrogens (tertiary/aromatic N) is 2. The van der Waals surface area contributed by atoms with Crippen LogP contribution in [0.5, 0.6) is 11.8 Å². The van der Waals surface area contributed by atoms with E-state index in [1.165, 1.54) is 12.1 Å². The number of anilines is 1. The summed E-state index contributed by atoms with van der Waals surface area (Å²) in [5, 5.41) is 3.89. The fraction of sp³-hybridized carbons (Fsp3) is 0.136. The number of carbonyl (C=O) groups is 1. The van der Waals surface area contributed by atoms with Gasteiger partial charge in [0.1, 0.15) is 0 Å². The quantitative estimate of drug-likeness (QED) is 0.518. The van der Waals surface area contributed by atoms with E-state index >= 15 is 0 Å². The fourth-order valence-corrected chi connectivity index (χ4v) is 3.17. The van der Waals surface area contributed by atoms with Crippen LogP contribution in [0.25, 0.3) is 10.9 Å². The van der Waals surface area contributed by atoms with Crippen LogP contribution in [0.15, 0.2) is 54.7 Å². The smallest absolute Gasteiger partial charge is 0.322 e. The summed E-state index contributed by atoms with van der Waals surface area (Å²) in [6, 6.07) is 13.9. The molecule has 0 aliphatic rings. The van der Waals surface area contributed by atoms with E-state index in [1.807, 2.05) is 30.5 Å². The Morgan fingerprint density at radius 3 is 2.52 bits per heavy atom. The van der Waals surface area contributed by atoms with E-state index in [0.29, 0.717) is 17.1 Å². The Labute approximate surface area is 166 Å². The van der Waals surface area contributed by atoms with Gasteiger partial charge < -0.3 is 15.0 Å². The summed E-state index contributed by atoms with van der Waals surface area (Å²) in [6.45, 7) is 3.48. The molecule has 2 N–H and O–H groups in total. The van der Waals surface area contributed by atoms with Gasteiger partial charge in [0.05, 0.1) is 23.5 Å². The van der Waals surface area contributed by atoms with Crippen LogP contribution in [0.4, 0.5) is 10.1 Å². The Hall–Kier alpha value is -3.74. The first kappa shape index (κ1) is 18.6. The molecule has 6 nitrogen and oxygen atoms in total. The minimum Gasteiger partial charge on any atom is -0.421 e. The lowest BCUT2D eigenvalue weighted by Gasteiger charge is -2.12. The molecule has 0 saturated heterocycles. The van der Waals surface area contributed by atoms with Crippen molar-refractivity contribution in [2.75, 3.05) is 5.32 Å². The number of benzene rings is 2. The Bertz CT molecular complexity index is 1180. The van der Waals surface area contributed by atoms with Crippen molar-refractivity contribution in [3.63, 3.8) is 0 Å². The van der Waals surface area contributed by atoms with Gasteiger partial charge >= 0.3 is 6.01 Å². The Balaban J connectivity index is 1.51. The van der Waals surface area contributed by atoms with Crippen molar-refractivity contribution in [1.82, 2.24) is 15.0 Å². The molecule has 0 aliphatic heterocycles. The van der Waals surface area contributed by atoms with Gasteiger partial charge in [-0.2, -0.15) is 9.97 Å². The van der Waals surface area contributed by atoms with E-state index in [2.05, 4.69) is 20.3 Å². The normalized spacial score (nSPS) is 10.9. The Morgan fingerprint density at radius 1 is 1.07 bits per heavy atom. The van der Waals surface area contributed by atoms with Gasteiger partial charge in [-0.3, -0.25) is 4.79 Å². The second kappa shape index (κ2) is 7.71. The number of ether oxygens (including phenoxy) is 1. The molecule has 0 unspecified atom stereocenters. The highest BCUT2D eigenvalue weighted by Crippen LogP contribution is 2.25. The SMILES string of the molecule is Cc1nc(Oc2ccccc2F)nc(C)c1NC(=O)Cc1c[nH]c2ccccc12. The number of hydrogen-bond acceptors (Lipinski definition) is 4. The molecule has 0 spiro atoms. The standard InChI is InChI=1S/C22H19FN4O2/c1-13-21(14(2)26-22(25-13)29-19-10-6-4-8-17(19)23)27-20(28)11-15-12-24-18-9-5-3-7-16(15)18/h3-10,12,24H,11H2,1-2H3,(H,27,28). The van der Waals surface area contributed by atoms with Crippen molar-refractivity contribution < 1.29 is 13.9 Å². The molecule has 0 atom stereocenters. The number of nitrogens with one attached hydrogen (secondary N) is 2. The van der Waals surface area contributed by atoms with Crippen LogP contribution < -0.4 is 10.1 Å². The van der Waals surface area contributed by atoms with Gasteiger partial charge in [0, 0.05) is 17.1 Å². The lowest BCUT2D eigenvalue weighted by Crippen LogP contribution is -2.17. The maximum absolute atomic E-state index is 13.8. The number of H-pyrrole nitrogens is 1. The first-order valence-corrected chi connectivity index (χ1v) is 9.13. The molecule has 0 aliphatic carbocycles. The highest BCUT2D eigenvalue weighted by molar-refractivity contribution is 5.96. The Morgan fingerprint density at radius 2 is 1.76 bits per heavy atom. The average Bonchev–Trinajstić information content (AvgIpc) is 3.09. The number of rotatable bonds is 5. The zero-order chi connectivity index (χ0) is 20.4. The summed E-state index contributed by atoms with van der Waals surface area (Å²) >= 11 is 0. The minimum atomic E-state index is -0.498. The van der Waals surface area contributed by atoms with Crippen molar-refractivity contribution in [3.8, 4) is 11.8 Å². The Kier molecular flexibility index (Phi) is 4.95. The third-order valence-electron chi connectivity index (χ3n) is 4.58. The van der Waals surface area contributed by atoms with Crippen molar-refractivity contribution in [2.45, 2.75) is 20.3 Å². The molecule has 0 bridgehead atoms. The third-order valence-corrected chi connectivity index (χ3v) is 4.58.